The van der Waals surface area contributed by atoms with Gasteiger partial charge in [-0.2, -0.15) is 0 Å². The Labute approximate surface area is 159 Å². The molecule has 3 rings (SSSR count). The molecule has 1 amide bonds. The van der Waals surface area contributed by atoms with E-state index < -0.39 is 10.8 Å². The summed E-state index contributed by atoms with van der Waals surface area (Å²) in [7, 11) is 0. The number of furan rings is 1. The Kier molecular flexibility index (Phi) is 5.42. The van der Waals surface area contributed by atoms with Crippen LogP contribution in [0.5, 0.6) is 5.75 Å². The maximum absolute atomic E-state index is 12.3. The van der Waals surface area contributed by atoms with E-state index in [0.717, 1.165) is 0 Å². The van der Waals surface area contributed by atoms with Crippen LogP contribution in [-0.2, 0) is 0 Å². The smallest absolute Gasteiger partial charge is 0.291 e. The highest BCUT2D eigenvalue weighted by atomic mass is 35.5. The number of nitro benzene ring substituents is 1. The summed E-state index contributed by atoms with van der Waals surface area (Å²) >= 11 is 5.81. The van der Waals surface area contributed by atoms with Gasteiger partial charge in [0.25, 0.3) is 11.6 Å². The topological polar surface area (TPSA) is 94.6 Å². The van der Waals surface area contributed by atoms with Crippen LogP contribution in [0.15, 0.2) is 59.0 Å². The number of amides is 1. The van der Waals surface area contributed by atoms with Crippen LogP contribution in [0.4, 0.5) is 11.4 Å². The maximum Gasteiger partial charge on any atom is 0.291 e. The van der Waals surface area contributed by atoms with Crippen LogP contribution in [-0.4, -0.2) is 17.4 Å². The van der Waals surface area contributed by atoms with Gasteiger partial charge in [-0.25, -0.2) is 0 Å². The lowest BCUT2D eigenvalue weighted by Crippen LogP contribution is -2.10. The molecule has 1 heterocycles. The van der Waals surface area contributed by atoms with Crippen LogP contribution in [0.25, 0.3) is 11.3 Å². The number of anilines is 1. The Morgan fingerprint density at radius 1 is 1.19 bits per heavy atom. The number of nitrogens with one attached hydrogen (secondary N) is 1. The van der Waals surface area contributed by atoms with Gasteiger partial charge in [-0.3, -0.25) is 14.9 Å². The Balaban J connectivity index is 1.76. The minimum absolute atomic E-state index is 0.0313. The van der Waals surface area contributed by atoms with Crippen molar-refractivity contribution < 1.29 is 18.9 Å². The van der Waals surface area contributed by atoms with Crippen LogP contribution in [0.1, 0.15) is 17.5 Å². The molecule has 3 aromatic rings. The van der Waals surface area contributed by atoms with Gasteiger partial charge >= 0.3 is 0 Å². The number of nitro groups is 1. The molecule has 8 heteroatoms. The van der Waals surface area contributed by atoms with E-state index in [-0.39, 0.29) is 16.5 Å². The fraction of sp³-hybridized carbons (Fsp3) is 0.105. The van der Waals surface area contributed by atoms with Crippen LogP contribution in [0.3, 0.4) is 0 Å². The van der Waals surface area contributed by atoms with E-state index in [1.54, 1.807) is 36.4 Å². The van der Waals surface area contributed by atoms with Crippen molar-refractivity contribution in [3.8, 4) is 17.1 Å². The van der Waals surface area contributed by atoms with E-state index in [1.807, 2.05) is 6.92 Å². The van der Waals surface area contributed by atoms with Crippen molar-refractivity contribution in [2.24, 2.45) is 0 Å². The zero-order valence-electron chi connectivity index (χ0n) is 14.3. The molecule has 0 aliphatic heterocycles. The van der Waals surface area contributed by atoms with E-state index in [0.29, 0.717) is 29.4 Å². The van der Waals surface area contributed by atoms with Gasteiger partial charge in [0.15, 0.2) is 5.76 Å². The molecular formula is C19H15ClN2O5. The molecule has 0 unspecified atom stereocenters. The van der Waals surface area contributed by atoms with Crippen molar-refractivity contribution in [2.75, 3.05) is 11.9 Å². The summed E-state index contributed by atoms with van der Waals surface area (Å²) in [6, 6.07) is 14.3. The summed E-state index contributed by atoms with van der Waals surface area (Å²) < 4.78 is 10.9. The molecule has 0 aliphatic carbocycles. The van der Waals surface area contributed by atoms with Crippen molar-refractivity contribution in [3.63, 3.8) is 0 Å². The lowest BCUT2D eigenvalue weighted by molar-refractivity contribution is -0.384. The fourth-order valence-electron chi connectivity index (χ4n) is 2.41. The molecule has 0 bridgehead atoms. The average Bonchev–Trinajstić information content (AvgIpc) is 3.14. The van der Waals surface area contributed by atoms with Gasteiger partial charge in [-0.05, 0) is 55.5 Å². The normalized spacial score (nSPS) is 10.4. The summed E-state index contributed by atoms with van der Waals surface area (Å²) in [5.41, 5.74) is 0.806. The van der Waals surface area contributed by atoms with Gasteiger partial charge in [-0.1, -0.05) is 11.6 Å². The monoisotopic (exact) mass is 386 g/mol. The standard InChI is InChI=1S/C19H15ClN2O5/c1-2-26-14-6-4-13(5-7-14)21-19(23)18-10-9-17(27-18)12-3-8-15(20)16(11-12)22(24)25/h3-11H,2H2,1H3,(H,21,23). The number of hydrogen-bond donors (Lipinski definition) is 1. The largest absolute Gasteiger partial charge is 0.494 e. The Morgan fingerprint density at radius 2 is 1.93 bits per heavy atom. The van der Waals surface area contributed by atoms with Gasteiger partial charge in [0, 0.05) is 17.3 Å². The molecule has 0 aliphatic rings. The molecule has 138 valence electrons. The molecule has 27 heavy (non-hydrogen) atoms. The number of benzene rings is 2. The predicted molar refractivity (Wildman–Crippen MR) is 101 cm³/mol. The van der Waals surface area contributed by atoms with E-state index in [4.69, 9.17) is 20.8 Å². The first-order chi connectivity index (χ1) is 13.0. The first kappa shape index (κ1) is 18.5. The molecule has 2 aromatic carbocycles. The molecule has 0 fully saturated rings. The summed E-state index contributed by atoms with van der Waals surface area (Å²) in [4.78, 5) is 22.8. The van der Waals surface area contributed by atoms with E-state index in [1.165, 1.54) is 18.2 Å². The number of carbonyl (C=O) groups excluding carboxylic acids is 1. The van der Waals surface area contributed by atoms with Crippen LogP contribution >= 0.6 is 11.6 Å². The predicted octanol–water partition coefficient (Wildman–Crippen LogP) is 5.16. The molecule has 0 atom stereocenters. The van der Waals surface area contributed by atoms with Crippen LogP contribution in [0, 0.1) is 10.1 Å². The third kappa shape index (κ3) is 4.27. The van der Waals surface area contributed by atoms with Gasteiger partial charge in [0.05, 0.1) is 11.5 Å². The van der Waals surface area contributed by atoms with Gasteiger partial charge in [0.2, 0.25) is 0 Å². The van der Waals surface area contributed by atoms with Crippen molar-refractivity contribution in [3.05, 3.63) is 75.5 Å². The van der Waals surface area contributed by atoms with Gasteiger partial charge < -0.3 is 14.5 Å². The third-order valence-electron chi connectivity index (χ3n) is 3.68. The molecular weight excluding hydrogens is 372 g/mol. The number of carbonyl (C=O) groups is 1. The second kappa shape index (κ2) is 7.92. The lowest BCUT2D eigenvalue weighted by Gasteiger charge is -2.06. The molecule has 0 saturated heterocycles. The Bertz CT molecular complexity index is 982. The highest BCUT2D eigenvalue weighted by Gasteiger charge is 2.17. The third-order valence-corrected chi connectivity index (χ3v) is 4.00. The molecule has 0 radical (unpaired) electrons. The highest BCUT2D eigenvalue weighted by Crippen LogP contribution is 2.31. The summed E-state index contributed by atoms with van der Waals surface area (Å²) in [6.07, 6.45) is 0. The number of ether oxygens (including phenoxy) is 1. The highest BCUT2D eigenvalue weighted by molar-refractivity contribution is 6.32. The summed E-state index contributed by atoms with van der Waals surface area (Å²) in [5, 5.41) is 13.7. The zero-order chi connectivity index (χ0) is 19.4. The minimum Gasteiger partial charge on any atom is -0.494 e. The van der Waals surface area contributed by atoms with Crippen LogP contribution < -0.4 is 10.1 Å². The average molecular weight is 387 g/mol. The van der Waals surface area contributed by atoms with Crippen molar-refractivity contribution >= 4 is 28.9 Å². The second-order valence-corrected chi connectivity index (χ2v) is 5.91. The van der Waals surface area contributed by atoms with E-state index in [2.05, 4.69) is 5.32 Å². The van der Waals surface area contributed by atoms with Crippen LogP contribution in [0.2, 0.25) is 5.02 Å². The molecule has 1 N–H and O–H groups in total. The fourth-order valence-corrected chi connectivity index (χ4v) is 2.60. The SMILES string of the molecule is CCOc1ccc(NC(=O)c2ccc(-c3ccc(Cl)c([N+](=O)[O-])c3)o2)cc1. The molecule has 1 aromatic heterocycles. The summed E-state index contributed by atoms with van der Waals surface area (Å²) in [5.74, 6) is 0.678. The van der Waals surface area contributed by atoms with Crippen molar-refractivity contribution in [1.82, 2.24) is 0 Å². The summed E-state index contributed by atoms with van der Waals surface area (Å²) in [6.45, 7) is 2.45. The quantitative estimate of drug-likeness (QED) is 0.466. The Hall–Kier alpha value is -3.32. The second-order valence-electron chi connectivity index (χ2n) is 5.50. The minimum atomic E-state index is -0.575. The van der Waals surface area contributed by atoms with E-state index >= 15 is 0 Å². The molecule has 0 saturated carbocycles. The first-order valence-electron chi connectivity index (χ1n) is 8.06. The van der Waals surface area contributed by atoms with Gasteiger partial charge in [-0.15, -0.1) is 0 Å². The zero-order valence-corrected chi connectivity index (χ0v) is 15.0. The van der Waals surface area contributed by atoms with Gasteiger partial charge in [0.1, 0.15) is 16.5 Å². The first-order valence-corrected chi connectivity index (χ1v) is 8.44. The molecule has 0 spiro atoms. The number of nitrogens with zero attached hydrogens (tertiary/aromatic N) is 1. The lowest BCUT2D eigenvalue weighted by atomic mass is 10.1. The maximum atomic E-state index is 12.3. The number of hydrogen-bond acceptors (Lipinski definition) is 5. The molecule has 7 nitrogen and oxygen atoms in total. The number of rotatable bonds is 6. The number of halogens is 1. The van der Waals surface area contributed by atoms with Crippen molar-refractivity contribution in [1.29, 1.82) is 0 Å². The van der Waals surface area contributed by atoms with Crippen molar-refractivity contribution in [2.45, 2.75) is 6.92 Å². The van der Waals surface area contributed by atoms with E-state index in [9.17, 15) is 14.9 Å². The Morgan fingerprint density at radius 3 is 2.59 bits per heavy atom.